The number of hydrogen-bond donors (Lipinski definition) is 0. The van der Waals surface area contributed by atoms with Gasteiger partial charge in [-0.05, 0) is 37.1 Å². The molecule has 1 amide bonds. The summed E-state index contributed by atoms with van der Waals surface area (Å²) in [6.45, 7) is 1.29. The smallest absolute Gasteiger partial charge is 0.275 e. The van der Waals surface area contributed by atoms with Crippen LogP contribution < -0.4 is 4.74 Å². The Morgan fingerprint density at radius 1 is 1.27 bits per heavy atom. The minimum atomic E-state index is -0.680. The van der Waals surface area contributed by atoms with Gasteiger partial charge in [0.15, 0.2) is 5.69 Å². The highest BCUT2D eigenvalue weighted by molar-refractivity contribution is 6.33. The molecular formula is C21H17ClFN5O2. The fraction of sp³-hybridized carbons (Fsp3) is 0.238. The van der Waals surface area contributed by atoms with Crippen LogP contribution in [0.3, 0.4) is 0 Å². The van der Waals surface area contributed by atoms with E-state index in [0.29, 0.717) is 30.2 Å². The zero-order valence-corrected chi connectivity index (χ0v) is 16.9. The largest absolute Gasteiger partial charge is 0.481 e. The van der Waals surface area contributed by atoms with Crippen LogP contribution in [0.25, 0.3) is 17.1 Å². The Labute approximate surface area is 177 Å². The Hall–Kier alpha value is -3.44. The third kappa shape index (κ3) is 3.48. The summed E-state index contributed by atoms with van der Waals surface area (Å²) in [7, 11) is 1.50. The number of pyridine rings is 1. The van der Waals surface area contributed by atoms with Crippen molar-refractivity contribution < 1.29 is 13.9 Å². The van der Waals surface area contributed by atoms with Gasteiger partial charge in [0, 0.05) is 24.7 Å². The molecule has 1 aromatic carbocycles. The highest BCUT2D eigenvalue weighted by atomic mass is 35.5. The van der Waals surface area contributed by atoms with Gasteiger partial charge in [0.05, 0.1) is 24.6 Å². The third-order valence-corrected chi connectivity index (χ3v) is 5.30. The zero-order valence-electron chi connectivity index (χ0n) is 16.1. The van der Waals surface area contributed by atoms with Gasteiger partial charge in [-0.2, -0.15) is 5.26 Å². The first-order valence-electron chi connectivity index (χ1n) is 9.31. The minimum Gasteiger partial charge on any atom is -0.481 e. The van der Waals surface area contributed by atoms with Gasteiger partial charge in [-0.1, -0.05) is 11.6 Å². The van der Waals surface area contributed by atoms with E-state index >= 15 is 0 Å². The van der Waals surface area contributed by atoms with Crippen LogP contribution in [0.2, 0.25) is 5.15 Å². The molecule has 0 unspecified atom stereocenters. The second-order valence-electron chi connectivity index (χ2n) is 6.77. The lowest BCUT2D eigenvalue weighted by Gasteiger charge is -2.13. The summed E-state index contributed by atoms with van der Waals surface area (Å²) in [5.74, 6) is -0.263. The Kier molecular flexibility index (Phi) is 5.38. The van der Waals surface area contributed by atoms with E-state index in [1.807, 2.05) is 0 Å². The van der Waals surface area contributed by atoms with Crippen molar-refractivity contribution in [2.75, 3.05) is 20.2 Å². The number of nitriles is 1. The number of imidazole rings is 1. The van der Waals surface area contributed by atoms with Crippen molar-refractivity contribution in [3.8, 4) is 29.0 Å². The molecule has 7 nitrogen and oxygen atoms in total. The maximum atomic E-state index is 14.3. The molecule has 3 aromatic rings. The van der Waals surface area contributed by atoms with Crippen LogP contribution >= 0.6 is 11.6 Å². The van der Waals surface area contributed by atoms with Gasteiger partial charge in [-0.15, -0.1) is 0 Å². The topological polar surface area (TPSA) is 84.0 Å². The first-order chi connectivity index (χ1) is 14.5. The molecule has 1 saturated heterocycles. The van der Waals surface area contributed by atoms with E-state index < -0.39 is 5.82 Å². The summed E-state index contributed by atoms with van der Waals surface area (Å²) < 4.78 is 20.9. The molecule has 1 aliphatic heterocycles. The van der Waals surface area contributed by atoms with Crippen LogP contribution in [-0.2, 0) is 0 Å². The first kappa shape index (κ1) is 19.9. The lowest BCUT2D eigenvalue weighted by molar-refractivity contribution is 0.0788. The summed E-state index contributed by atoms with van der Waals surface area (Å²) in [6, 6.07) is 9.29. The predicted molar refractivity (Wildman–Crippen MR) is 108 cm³/mol. The number of nitrogens with zero attached hydrogens (tertiary/aromatic N) is 5. The van der Waals surface area contributed by atoms with Crippen molar-refractivity contribution >= 4 is 17.5 Å². The Morgan fingerprint density at radius 2 is 2.03 bits per heavy atom. The number of likely N-dealkylation sites (tertiary alicyclic amines) is 1. The number of halogens is 2. The van der Waals surface area contributed by atoms with Crippen LogP contribution in [0.15, 0.2) is 36.5 Å². The molecule has 9 heteroatoms. The minimum absolute atomic E-state index is 0.0811. The molecule has 4 rings (SSSR count). The molecule has 2 aromatic heterocycles. The van der Waals surface area contributed by atoms with Crippen LogP contribution in [0, 0.1) is 17.1 Å². The number of methoxy groups -OCH3 is 1. The Morgan fingerprint density at radius 3 is 2.63 bits per heavy atom. The average Bonchev–Trinajstić information content (AvgIpc) is 3.42. The molecule has 3 heterocycles. The van der Waals surface area contributed by atoms with Crippen LogP contribution in [-0.4, -0.2) is 45.5 Å². The van der Waals surface area contributed by atoms with Gasteiger partial charge < -0.3 is 9.64 Å². The molecule has 0 aliphatic carbocycles. The molecule has 1 fully saturated rings. The SMILES string of the molecule is COc1ccc(-n2c(-c3ccc(C#N)c(F)c3)nc(C(=O)N3CCCC3)c2Cl)cn1. The lowest BCUT2D eigenvalue weighted by Crippen LogP contribution is -2.28. The standard InChI is InChI=1S/C21H17ClFN5O2/c1-30-17-7-6-15(12-25-17)28-19(22)18(21(29)27-8-2-3-9-27)26-20(28)13-4-5-14(11-24)16(23)10-13/h4-7,10,12H,2-3,8-9H2,1H3. The van der Waals surface area contributed by atoms with Crippen molar-refractivity contribution in [2.45, 2.75) is 12.8 Å². The molecule has 152 valence electrons. The molecule has 0 N–H and O–H groups in total. The summed E-state index contributed by atoms with van der Waals surface area (Å²) >= 11 is 6.61. The maximum absolute atomic E-state index is 14.3. The number of carbonyl (C=O) groups excluding carboxylic acids is 1. The van der Waals surface area contributed by atoms with Gasteiger partial charge in [0.1, 0.15) is 22.9 Å². The quantitative estimate of drug-likeness (QED) is 0.634. The van der Waals surface area contributed by atoms with Gasteiger partial charge in [-0.25, -0.2) is 14.4 Å². The third-order valence-electron chi connectivity index (χ3n) is 4.95. The Balaban J connectivity index is 1.88. The van der Waals surface area contributed by atoms with Gasteiger partial charge in [0.25, 0.3) is 5.91 Å². The summed E-state index contributed by atoms with van der Waals surface area (Å²) in [5.41, 5.74) is 0.926. The summed E-state index contributed by atoms with van der Waals surface area (Å²) in [5, 5.41) is 9.11. The van der Waals surface area contributed by atoms with E-state index in [4.69, 9.17) is 21.6 Å². The second-order valence-corrected chi connectivity index (χ2v) is 7.13. The number of ether oxygens (including phenoxy) is 1. The first-order valence-corrected chi connectivity index (χ1v) is 9.69. The van der Waals surface area contributed by atoms with E-state index in [9.17, 15) is 9.18 Å². The van der Waals surface area contributed by atoms with Crippen LogP contribution in [0.1, 0.15) is 28.9 Å². The van der Waals surface area contributed by atoms with Crippen molar-refractivity contribution in [3.63, 3.8) is 0 Å². The Bertz CT molecular complexity index is 1150. The van der Waals surface area contributed by atoms with Gasteiger partial charge in [-0.3, -0.25) is 9.36 Å². The number of aromatic nitrogens is 3. The molecule has 0 bridgehead atoms. The van der Waals surface area contributed by atoms with Crippen LogP contribution in [0.5, 0.6) is 5.88 Å². The molecule has 30 heavy (non-hydrogen) atoms. The molecule has 0 spiro atoms. The monoisotopic (exact) mass is 425 g/mol. The maximum Gasteiger partial charge on any atom is 0.275 e. The molecule has 1 aliphatic rings. The number of benzene rings is 1. The highest BCUT2D eigenvalue weighted by Gasteiger charge is 2.28. The van der Waals surface area contributed by atoms with Gasteiger partial charge >= 0.3 is 0 Å². The molecule has 0 saturated carbocycles. The fourth-order valence-electron chi connectivity index (χ4n) is 3.41. The van der Waals surface area contributed by atoms with E-state index in [2.05, 4.69) is 9.97 Å². The van der Waals surface area contributed by atoms with E-state index in [1.165, 1.54) is 30.0 Å². The number of carbonyl (C=O) groups is 1. The van der Waals surface area contributed by atoms with Crippen molar-refractivity contribution in [1.29, 1.82) is 5.26 Å². The van der Waals surface area contributed by atoms with Crippen molar-refractivity contribution in [2.24, 2.45) is 0 Å². The highest BCUT2D eigenvalue weighted by Crippen LogP contribution is 2.32. The number of amides is 1. The van der Waals surface area contributed by atoms with Crippen LogP contribution in [0.4, 0.5) is 4.39 Å². The normalized spacial score (nSPS) is 13.3. The molecule has 0 atom stereocenters. The molecular weight excluding hydrogens is 409 g/mol. The second kappa shape index (κ2) is 8.13. The van der Waals surface area contributed by atoms with Crippen molar-refractivity contribution in [3.05, 3.63) is 58.8 Å². The number of rotatable bonds is 4. The fourth-order valence-corrected chi connectivity index (χ4v) is 3.71. The zero-order chi connectivity index (χ0) is 21.3. The average molecular weight is 426 g/mol. The van der Waals surface area contributed by atoms with E-state index in [-0.39, 0.29) is 28.1 Å². The van der Waals surface area contributed by atoms with E-state index in [0.717, 1.165) is 12.8 Å². The summed E-state index contributed by atoms with van der Waals surface area (Å²) in [6.07, 6.45) is 3.39. The number of hydrogen-bond acceptors (Lipinski definition) is 5. The predicted octanol–water partition coefficient (Wildman–Crippen LogP) is 3.84. The van der Waals surface area contributed by atoms with Gasteiger partial charge in [0.2, 0.25) is 5.88 Å². The summed E-state index contributed by atoms with van der Waals surface area (Å²) in [4.78, 5) is 23.3. The molecule has 0 radical (unpaired) electrons. The van der Waals surface area contributed by atoms with E-state index in [1.54, 1.807) is 29.2 Å². The van der Waals surface area contributed by atoms with Crippen molar-refractivity contribution in [1.82, 2.24) is 19.4 Å². The lowest BCUT2D eigenvalue weighted by atomic mass is 10.1.